The van der Waals surface area contributed by atoms with Gasteiger partial charge in [0.1, 0.15) is 5.54 Å². The third kappa shape index (κ3) is 2.18. The van der Waals surface area contributed by atoms with Gasteiger partial charge in [-0.3, -0.25) is 19.3 Å². The second-order valence-corrected chi connectivity index (χ2v) is 9.78. The van der Waals surface area contributed by atoms with Crippen molar-refractivity contribution >= 4 is 39.9 Å². The van der Waals surface area contributed by atoms with Crippen LogP contribution in [0.15, 0.2) is 66.7 Å². The predicted molar refractivity (Wildman–Crippen MR) is 129 cm³/mol. The van der Waals surface area contributed by atoms with Gasteiger partial charge in [0, 0.05) is 23.8 Å². The molecule has 6 nitrogen and oxygen atoms in total. The van der Waals surface area contributed by atoms with Gasteiger partial charge in [-0.05, 0) is 55.3 Å². The van der Waals surface area contributed by atoms with E-state index in [-0.39, 0.29) is 23.8 Å². The number of fused-ring (bicyclic) bond motifs is 8. The van der Waals surface area contributed by atoms with E-state index in [1.54, 1.807) is 4.90 Å². The molecule has 6 heteroatoms. The highest BCUT2D eigenvalue weighted by molar-refractivity contribution is 6.26. The molecule has 3 aromatic carbocycles. The Labute approximate surface area is 197 Å². The number of amides is 3. The molecule has 0 aliphatic carbocycles. The Bertz CT molecular complexity index is 1400. The van der Waals surface area contributed by atoms with Crippen LogP contribution in [0.2, 0.25) is 0 Å². The van der Waals surface area contributed by atoms with Crippen molar-refractivity contribution in [2.75, 3.05) is 22.9 Å². The van der Waals surface area contributed by atoms with E-state index >= 15 is 0 Å². The van der Waals surface area contributed by atoms with Crippen LogP contribution in [0.1, 0.15) is 25.3 Å². The van der Waals surface area contributed by atoms with Crippen molar-refractivity contribution in [1.29, 1.82) is 0 Å². The molecule has 0 aromatic heterocycles. The van der Waals surface area contributed by atoms with Crippen molar-refractivity contribution < 1.29 is 14.4 Å². The summed E-state index contributed by atoms with van der Waals surface area (Å²) in [6.45, 7) is 3.22. The summed E-state index contributed by atoms with van der Waals surface area (Å²) in [6.07, 6.45) is 1.75. The Morgan fingerprint density at radius 3 is 2.50 bits per heavy atom. The van der Waals surface area contributed by atoms with Crippen molar-refractivity contribution in [3.63, 3.8) is 0 Å². The summed E-state index contributed by atoms with van der Waals surface area (Å²) in [4.78, 5) is 47.7. The first-order valence-electron chi connectivity index (χ1n) is 12.1. The number of imide groups is 1. The van der Waals surface area contributed by atoms with Gasteiger partial charge < -0.3 is 4.90 Å². The molecule has 1 spiro atoms. The van der Waals surface area contributed by atoms with Crippen LogP contribution in [-0.2, 0) is 19.9 Å². The highest BCUT2D eigenvalue weighted by Crippen LogP contribution is 2.61. The lowest BCUT2D eigenvalue weighted by molar-refractivity contribution is -0.137. The van der Waals surface area contributed by atoms with E-state index in [4.69, 9.17) is 0 Å². The normalized spacial score (nSPS) is 30.0. The lowest BCUT2D eigenvalue weighted by Gasteiger charge is -2.37. The van der Waals surface area contributed by atoms with E-state index in [0.717, 1.165) is 41.4 Å². The molecule has 34 heavy (non-hydrogen) atoms. The number of rotatable bonds is 2. The number of hydrogen-bond acceptors (Lipinski definition) is 4. The summed E-state index contributed by atoms with van der Waals surface area (Å²) in [6, 6.07) is 21.4. The zero-order valence-corrected chi connectivity index (χ0v) is 19.0. The van der Waals surface area contributed by atoms with Crippen LogP contribution in [0.4, 0.5) is 11.4 Å². The molecular weight excluding hydrogens is 426 g/mol. The molecule has 4 heterocycles. The van der Waals surface area contributed by atoms with Gasteiger partial charge in [0.15, 0.2) is 0 Å². The highest BCUT2D eigenvalue weighted by Gasteiger charge is 2.75. The monoisotopic (exact) mass is 451 g/mol. The third-order valence-electron chi connectivity index (χ3n) is 8.45. The number of hydrogen-bond donors (Lipinski definition) is 0. The van der Waals surface area contributed by atoms with E-state index in [9.17, 15) is 14.4 Å². The fourth-order valence-corrected chi connectivity index (χ4v) is 7.22. The topological polar surface area (TPSA) is 60.9 Å². The Kier molecular flexibility index (Phi) is 3.96. The highest BCUT2D eigenvalue weighted by atomic mass is 16.2. The van der Waals surface area contributed by atoms with Crippen LogP contribution < -0.4 is 9.80 Å². The number of benzene rings is 3. The molecule has 0 N–H and O–H groups in total. The number of anilines is 2. The number of para-hydroxylation sites is 1. The fourth-order valence-electron chi connectivity index (χ4n) is 7.22. The molecule has 4 aliphatic rings. The minimum atomic E-state index is -1.10. The molecule has 4 atom stereocenters. The number of nitrogens with zero attached hydrogens (tertiary/aromatic N) is 3. The summed E-state index contributed by atoms with van der Waals surface area (Å²) < 4.78 is 0. The van der Waals surface area contributed by atoms with Crippen molar-refractivity contribution in [1.82, 2.24) is 4.90 Å². The van der Waals surface area contributed by atoms with Crippen LogP contribution in [0.5, 0.6) is 0 Å². The van der Waals surface area contributed by atoms with Gasteiger partial charge in [-0.25, -0.2) is 4.90 Å². The minimum absolute atomic E-state index is 0.0582. The molecule has 0 saturated carbocycles. The largest absolute Gasteiger partial charge is 0.310 e. The molecule has 3 fully saturated rings. The van der Waals surface area contributed by atoms with E-state index in [0.29, 0.717) is 12.2 Å². The molecular formula is C28H25N3O3. The predicted octanol–water partition coefficient (Wildman–Crippen LogP) is 3.69. The standard InChI is InChI=1S/C28H25N3O3/c1-2-29-21-11-6-5-10-20(21)28(27(29)34)24-23(22-12-7-15-30(22)28)25(32)31(26(24)33)19-14-13-17-8-3-4-9-18(17)16-19/h3-6,8-11,13-14,16,22-24H,2,7,12,15H2,1H3/t22-,23-,24-,28+/m1/s1. The SMILES string of the molecule is CCN1C(=O)[C@]2(c3ccccc31)[C@H]1C(=O)N(c3ccc4ccccc4c3)C(=O)[C@@H]1[C@H]1CCCN12. The second-order valence-electron chi connectivity index (χ2n) is 9.78. The maximum atomic E-state index is 14.2. The second kappa shape index (κ2) is 6.76. The summed E-state index contributed by atoms with van der Waals surface area (Å²) in [5.41, 5.74) is 1.24. The van der Waals surface area contributed by atoms with Crippen LogP contribution in [0, 0.1) is 11.8 Å². The Hall–Kier alpha value is -3.51. The van der Waals surface area contributed by atoms with Gasteiger partial charge >= 0.3 is 0 Å². The van der Waals surface area contributed by atoms with Crippen LogP contribution in [-0.4, -0.2) is 41.8 Å². The van der Waals surface area contributed by atoms with Gasteiger partial charge in [-0.15, -0.1) is 0 Å². The molecule has 0 bridgehead atoms. The molecule has 3 saturated heterocycles. The Morgan fingerprint density at radius 1 is 0.912 bits per heavy atom. The Balaban J connectivity index is 1.42. The molecule has 4 aliphatic heterocycles. The first kappa shape index (κ1) is 19.9. The quantitative estimate of drug-likeness (QED) is 0.558. The maximum absolute atomic E-state index is 14.2. The van der Waals surface area contributed by atoms with Gasteiger partial charge in [0.2, 0.25) is 11.8 Å². The van der Waals surface area contributed by atoms with E-state index < -0.39 is 17.4 Å². The zero-order valence-electron chi connectivity index (χ0n) is 19.0. The summed E-state index contributed by atoms with van der Waals surface area (Å²) in [5.74, 6) is -1.69. The van der Waals surface area contributed by atoms with Gasteiger partial charge in [0.05, 0.1) is 17.5 Å². The van der Waals surface area contributed by atoms with Crippen molar-refractivity contribution in [2.24, 2.45) is 11.8 Å². The van der Waals surface area contributed by atoms with E-state index in [1.165, 1.54) is 4.90 Å². The number of likely N-dealkylation sites (N-methyl/N-ethyl adjacent to an activating group) is 1. The molecule has 170 valence electrons. The third-order valence-corrected chi connectivity index (χ3v) is 8.45. The van der Waals surface area contributed by atoms with Crippen LogP contribution in [0.3, 0.4) is 0 Å². The van der Waals surface area contributed by atoms with Gasteiger partial charge in [0.25, 0.3) is 5.91 Å². The zero-order chi connectivity index (χ0) is 23.2. The molecule has 7 rings (SSSR count). The average Bonchev–Trinajstić information content (AvgIpc) is 3.56. The van der Waals surface area contributed by atoms with Crippen LogP contribution in [0.25, 0.3) is 10.8 Å². The van der Waals surface area contributed by atoms with Gasteiger partial charge in [-0.1, -0.05) is 48.5 Å². The first-order chi connectivity index (χ1) is 16.6. The number of carbonyl (C=O) groups excluding carboxylic acids is 3. The lowest BCUT2D eigenvalue weighted by Crippen LogP contribution is -2.56. The van der Waals surface area contributed by atoms with Crippen molar-refractivity contribution in [3.8, 4) is 0 Å². The molecule has 0 unspecified atom stereocenters. The minimum Gasteiger partial charge on any atom is -0.310 e. The smallest absolute Gasteiger partial charge is 0.253 e. The van der Waals surface area contributed by atoms with Crippen molar-refractivity contribution in [3.05, 3.63) is 72.3 Å². The molecule has 3 amide bonds. The number of carbonyl (C=O) groups is 3. The Morgan fingerprint density at radius 2 is 1.68 bits per heavy atom. The molecule has 0 radical (unpaired) electrons. The summed E-state index contributed by atoms with van der Waals surface area (Å²) in [7, 11) is 0. The summed E-state index contributed by atoms with van der Waals surface area (Å²) >= 11 is 0. The lowest BCUT2D eigenvalue weighted by atomic mass is 9.75. The van der Waals surface area contributed by atoms with Gasteiger partial charge in [-0.2, -0.15) is 0 Å². The van der Waals surface area contributed by atoms with Crippen molar-refractivity contribution in [2.45, 2.75) is 31.3 Å². The average molecular weight is 452 g/mol. The van der Waals surface area contributed by atoms with E-state index in [2.05, 4.69) is 4.90 Å². The molecule has 3 aromatic rings. The van der Waals surface area contributed by atoms with E-state index in [1.807, 2.05) is 73.7 Å². The fraction of sp³-hybridized carbons (Fsp3) is 0.321. The van der Waals surface area contributed by atoms with Crippen LogP contribution >= 0.6 is 0 Å². The first-order valence-corrected chi connectivity index (χ1v) is 12.1. The maximum Gasteiger partial charge on any atom is 0.253 e. The summed E-state index contributed by atoms with van der Waals surface area (Å²) in [5, 5.41) is 2.04.